The highest BCUT2D eigenvalue weighted by Crippen LogP contribution is 2.41. The van der Waals surface area contributed by atoms with Crippen LogP contribution in [0.1, 0.15) is 40.5 Å². The summed E-state index contributed by atoms with van der Waals surface area (Å²) < 4.78 is 2.18. The number of carboxylic acid groups (broad SMARTS) is 1. The molecular formula is C18H16N2O2. The Morgan fingerprint density at radius 2 is 1.86 bits per heavy atom. The number of carbonyl (C=O) groups is 1. The molecule has 0 aliphatic heterocycles. The van der Waals surface area contributed by atoms with E-state index in [1.807, 2.05) is 30.3 Å². The second-order valence-corrected chi connectivity index (χ2v) is 5.78. The van der Waals surface area contributed by atoms with Gasteiger partial charge in [0.2, 0.25) is 0 Å². The van der Waals surface area contributed by atoms with Crippen molar-refractivity contribution in [3.63, 3.8) is 0 Å². The van der Waals surface area contributed by atoms with Crippen LogP contribution < -0.4 is 0 Å². The smallest absolute Gasteiger partial charge is 0.336 e. The number of hydrogen-bond acceptors (Lipinski definition) is 2. The molecule has 22 heavy (non-hydrogen) atoms. The third-order valence-corrected chi connectivity index (χ3v) is 4.20. The molecule has 4 nitrogen and oxygen atoms in total. The van der Waals surface area contributed by atoms with Crippen LogP contribution in [0.5, 0.6) is 0 Å². The van der Waals surface area contributed by atoms with Gasteiger partial charge in [-0.3, -0.25) is 0 Å². The van der Waals surface area contributed by atoms with Crippen molar-refractivity contribution in [3.05, 3.63) is 65.5 Å². The van der Waals surface area contributed by atoms with Gasteiger partial charge in [0.25, 0.3) is 0 Å². The molecule has 0 unspecified atom stereocenters. The van der Waals surface area contributed by atoms with E-state index in [2.05, 4.69) is 10.6 Å². The molecule has 2 aromatic carbocycles. The van der Waals surface area contributed by atoms with E-state index in [1.54, 1.807) is 12.1 Å². The quantitative estimate of drug-likeness (QED) is 0.798. The van der Waals surface area contributed by atoms with Crippen molar-refractivity contribution in [1.29, 1.82) is 0 Å². The number of imidazole rings is 1. The van der Waals surface area contributed by atoms with Crippen molar-refractivity contribution >= 4 is 17.0 Å². The summed E-state index contributed by atoms with van der Waals surface area (Å²) in [6.45, 7) is 0.550. The summed E-state index contributed by atoms with van der Waals surface area (Å²) in [6, 6.07) is 15.3. The van der Waals surface area contributed by atoms with E-state index in [0.29, 0.717) is 18.0 Å². The molecule has 0 saturated heterocycles. The summed E-state index contributed by atoms with van der Waals surface area (Å²) in [4.78, 5) is 16.2. The van der Waals surface area contributed by atoms with Crippen molar-refractivity contribution in [2.45, 2.75) is 25.3 Å². The molecule has 1 heterocycles. The van der Waals surface area contributed by atoms with Gasteiger partial charge in [-0.25, -0.2) is 9.78 Å². The Morgan fingerprint density at radius 1 is 1.14 bits per heavy atom. The molecule has 1 aliphatic carbocycles. The summed E-state index contributed by atoms with van der Waals surface area (Å²) in [6.07, 6.45) is 2.34. The van der Waals surface area contributed by atoms with E-state index in [1.165, 1.54) is 12.8 Å². The first-order chi connectivity index (χ1) is 10.7. The molecule has 4 heteroatoms. The van der Waals surface area contributed by atoms with Gasteiger partial charge >= 0.3 is 5.97 Å². The second kappa shape index (κ2) is 4.98. The number of hydrogen-bond donors (Lipinski definition) is 1. The zero-order valence-electron chi connectivity index (χ0n) is 12.1. The monoisotopic (exact) mass is 292 g/mol. The van der Waals surface area contributed by atoms with Gasteiger partial charge in [-0.05, 0) is 36.6 Å². The van der Waals surface area contributed by atoms with E-state index in [9.17, 15) is 9.90 Å². The summed E-state index contributed by atoms with van der Waals surface area (Å²) >= 11 is 0. The van der Waals surface area contributed by atoms with Crippen molar-refractivity contribution in [1.82, 2.24) is 9.55 Å². The minimum absolute atomic E-state index is 0.363. The van der Waals surface area contributed by atoms with Gasteiger partial charge in [0.05, 0.1) is 23.1 Å². The third-order valence-electron chi connectivity index (χ3n) is 4.20. The summed E-state index contributed by atoms with van der Waals surface area (Å²) in [7, 11) is 0. The number of aromatic nitrogens is 2. The van der Waals surface area contributed by atoms with Gasteiger partial charge in [-0.1, -0.05) is 30.3 Å². The van der Waals surface area contributed by atoms with E-state index < -0.39 is 5.97 Å². The number of carboxylic acids is 1. The van der Waals surface area contributed by atoms with Crippen molar-refractivity contribution in [3.8, 4) is 0 Å². The lowest BCUT2D eigenvalue weighted by molar-refractivity contribution is 0.0695. The maximum Gasteiger partial charge on any atom is 0.336 e. The minimum atomic E-state index is -0.881. The minimum Gasteiger partial charge on any atom is -0.478 e. The second-order valence-electron chi connectivity index (χ2n) is 5.78. The number of rotatable bonds is 4. The van der Waals surface area contributed by atoms with Gasteiger partial charge < -0.3 is 9.67 Å². The van der Waals surface area contributed by atoms with E-state index in [4.69, 9.17) is 4.98 Å². The van der Waals surface area contributed by atoms with Crippen LogP contribution in [-0.2, 0) is 6.54 Å². The molecule has 4 rings (SSSR count). The van der Waals surface area contributed by atoms with Crippen LogP contribution in [0.15, 0.2) is 48.5 Å². The van der Waals surface area contributed by atoms with E-state index >= 15 is 0 Å². The molecule has 1 aliphatic rings. The van der Waals surface area contributed by atoms with Crippen LogP contribution in [0.4, 0.5) is 0 Å². The summed E-state index contributed by atoms with van der Waals surface area (Å²) in [5.41, 5.74) is 3.24. The standard InChI is InChI=1S/C18H16N2O2/c21-18(22)14-6-2-1-5-13(14)11-20-16-8-4-3-7-15(16)19-17(20)12-9-10-12/h1-8,12H,9-11H2,(H,21,22). The Balaban J connectivity index is 1.84. The molecule has 0 atom stereocenters. The Kier molecular flexibility index (Phi) is 2.96. The highest BCUT2D eigenvalue weighted by molar-refractivity contribution is 5.89. The summed E-state index contributed by atoms with van der Waals surface area (Å²) in [5, 5.41) is 9.37. The maximum absolute atomic E-state index is 11.4. The van der Waals surface area contributed by atoms with E-state index in [0.717, 1.165) is 22.4 Å². The first-order valence-electron chi connectivity index (χ1n) is 7.50. The molecule has 0 spiro atoms. The van der Waals surface area contributed by atoms with E-state index in [-0.39, 0.29) is 0 Å². The molecule has 1 fully saturated rings. The summed E-state index contributed by atoms with van der Waals surface area (Å²) in [5.74, 6) is 0.721. The van der Waals surface area contributed by atoms with Crippen LogP contribution in [0, 0.1) is 0 Å². The highest BCUT2D eigenvalue weighted by Gasteiger charge is 2.29. The van der Waals surface area contributed by atoms with Crippen LogP contribution in [0.25, 0.3) is 11.0 Å². The highest BCUT2D eigenvalue weighted by atomic mass is 16.4. The fourth-order valence-electron chi connectivity index (χ4n) is 2.95. The van der Waals surface area contributed by atoms with Crippen LogP contribution in [0.2, 0.25) is 0 Å². The Labute approximate surface area is 128 Å². The first kappa shape index (κ1) is 13.1. The van der Waals surface area contributed by atoms with Gasteiger partial charge in [0.1, 0.15) is 5.82 Å². The zero-order chi connectivity index (χ0) is 15.1. The lowest BCUT2D eigenvalue weighted by Crippen LogP contribution is -2.09. The van der Waals surface area contributed by atoms with Crippen LogP contribution in [0.3, 0.4) is 0 Å². The normalized spacial score (nSPS) is 14.4. The number of para-hydroxylation sites is 2. The third kappa shape index (κ3) is 2.17. The van der Waals surface area contributed by atoms with Crippen molar-refractivity contribution in [2.24, 2.45) is 0 Å². The molecule has 1 aromatic heterocycles. The van der Waals surface area contributed by atoms with Gasteiger partial charge in [0.15, 0.2) is 0 Å². The molecule has 3 aromatic rings. The fourth-order valence-corrected chi connectivity index (χ4v) is 2.95. The van der Waals surface area contributed by atoms with Gasteiger partial charge in [0, 0.05) is 5.92 Å². The molecular weight excluding hydrogens is 276 g/mol. The number of fused-ring (bicyclic) bond motifs is 1. The zero-order valence-corrected chi connectivity index (χ0v) is 12.1. The maximum atomic E-state index is 11.4. The predicted octanol–water partition coefficient (Wildman–Crippen LogP) is 3.66. The van der Waals surface area contributed by atoms with Crippen molar-refractivity contribution in [2.75, 3.05) is 0 Å². The Morgan fingerprint density at radius 3 is 2.64 bits per heavy atom. The number of benzene rings is 2. The Hall–Kier alpha value is -2.62. The lowest BCUT2D eigenvalue weighted by Gasteiger charge is -2.11. The largest absolute Gasteiger partial charge is 0.478 e. The topological polar surface area (TPSA) is 55.1 Å². The predicted molar refractivity (Wildman–Crippen MR) is 84.2 cm³/mol. The van der Waals surface area contributed by atoms with Crippen molar-refractivity contribution < 1.29 is 9.90 Å². The molecule has 0 amide bonds. The van der Waals surface area contributed by atoms with Crippen LogP contribution in [-0.4, -0.2) is 20.6 Å². The first-order valence-corrected chi connectivity index (χ1v) is 7.50. The van der Waals surface area contributed by atoms with Gasteiger partial charge in [-0.2, -0.15) is 0 Å². The fraction of sp³-hybridized carbons (Fsp3) is 0.222. The molecule has 1 saturated carbocycles. The van der Waals surface area contributed by atoms with Crippen LogP contribution >= 0.6 is 0 Å². The van der Waals surface area contributed by atoms with Gasteiger partial charge in [-0.15, -0.1) is 0 Å². The number of aromatic carboxylic acids is 1. The average molecular weight is 292 g/mol. The molecule has 110 valence electrons. The average Bonchev–Trinajstić information content (AvgIpc) is 3.31. The molecule has 1 N–H and O–H groups in total. The molecule has 0 bridgehead atoms. The lowest BCUT2D eigenvalue weighted by atomic mass is 10.1. The number of nitrogens with zero attached hydrogens (tertiary/aromatic N) is 2. The Bertz CT molecular complexity index is 862. The molecule has 0 radical (unpaired) electrons. The SMILES string of the molecule is O=C(O)c1ccccc1Cn1c(C2CC2)nc2ccccc21.